The van der Waals surface area contributed by atoms with Crippen molar-refractivity contribution in [3.8, 4) is 0 Å². The second kappa shape index (κ2) is 5.56. The third kappa shape index (κ3) is 2.88. The van der Waals surface area contributed by atoms with Gasteiger partial charge in [0.05, 0.1) is 16.9 Å². The summed E-state index contributed by atoms with van der Waals surface area (Å²) in [6, 6.07) is 7.43. The molecule has 23 heavy (non-hydrogen) atoms. The highest BCUT2D eigenvalue weighted by molar-refractivity contribution is 7.87. The van der Waals surface area contributed by atoms with Crippen LogP contribution < -0.4 is 0 Å². The van der Waals surface area contributed by atoms with E-state index in [1.165, 1.54) is 0 Å². The van der Waals surface area contributed by atoms with E-state index >= 15 is 0 Å². The zero-order valence-corrected chi connectivity index (χ0v) is 14.7. The van der Waals surface area contributed by atoms with Gasteiger partial charge in [0.1, 0.15) is 11.7 Å². The Labute approximate surface area is 139 Å². The van der Waals surface area contributed by atoms with Crippen molar-refractivity contribution in [2.75, 3.05) is 0 Å². The molecule has 2 bridgehead atoms. The maximum atomic E-state index is 13.3. The molecule has 0 aromatic heterocycles. The van der Waals surface area contributed by atoms with Crippen LogP contribution in [0.2, 0.25) is 0 Å². The van der Waals surface area contributed by atoms with E-state index in [9.17, 15) is 9.00 Å². The summed E-state index contributed by atoms with van der Waals surface area (Å²) in [4.78, 5) is 13.6. The molecule has 0 saturated carbocycles. The number of carbonyl (C=O) groups is 1. The van der Waals surface area contributed by atoms with Crippen LogP contribution in [0.25, 0.3) is 0 Å². The summed E-state index contributed by atoms with van der Waals surface area (Å²) in [5.74, 6) is -0.444. The minimum absolute atomic E-state index is 0.165. The number of aryl methyl sites for hydroxylation is 1. The molecule has 2 heterocycles. The first-order valence-electron chi connectivity index (χ1n) is 7.78. The maximum Gasteiger partial charge on any atom is 0.328 e. The first-order valence-corrected chi connectivity index (χ1v) is 8.93. The van der Waals surface area contributed by atoms with Crippen molar-refractivity contribution in [2.45, 2.75) is 61.6 Å². The Bertz CT molecular complexity index is 671. The molecule has 0 aliphatic carbocycles. The Morgan fingerprint density at radius 3 is 2.39 bits per heavy atom. The van der Waals surface area contributed by atoms with Crippen LogP contribution >= 0.6 is 0 Å². The second-order valence-electron chi connectivity index (χ2n) is 7.16. The molecular formula is C18H22O4S. The van der Waals surface area contributed by atoms with E-state index in [-0.39, 0.29) is 6.10 Å². The Morgan fingerprint density at radius 1 is 1.26 bits per heavy atom. The number of esters is 1. The van der Waals surface area contributed by atoms with Gasteiger partial charge in [-0.1, -0.05) is 29.8 Å². The first kappa shape index (κ1) is 16.4. The van der Waals surface area contributed by atoms with Gasteiger partial charge in [0.25, 0.3) is 0 Å². The number of hydrogen-bond donors (Lipinski definition) is 0. The lowest BCUT2D eigenvalue weighted by atomic mass is 9.93. The minimum atomic E-state index is -1.54. The molecule has 124 valence electrons. The number of carbonyl (C=O) groups excluding carboxylic acids is 1. The second-order valence-corrected chi connectivity index (χ2v) is 8.89. The van der Waals surface area contributed by atoms with Crippen LogP contribution in [-0.4, -0.2) is 32.7 Å². The normalized spacial score (nSPS) is 30.4. The van der Waals surface area contributed by atoms with Crippen molar-refractivity contribution in [3.05, 3.63) is 42.0 Å². The molecule has 1 saturated heterocycles. The molecule has 0 amide bonds. The van der Waals surface area contributed by atoms with Crippen LogP contribution in [0.15, 0.2) is 41.3 Å². The zero-order valence-electron chi connectivity index (χ0n) is 13.9. The van der Waals surface area contributed by atoms with E-state index in [4.69, 9.17) is 9.47 Å². The van der Waals surface area contributed by atoms with Gasteiger partial charge < -0.3 is 9.47 Å². The summed E-state index contributed by atoms with van der Waals surface area (Å²) in [6.07, 6.45) is 3.50. The smallest absolute Gasteiger partial charge is 0.328 e. The van der Waals surface area contributed by atoms with Crippen LogP contribution in [-0.2, 0) is 25.1 Å². The summed E-state index contributed by atoms with van der Waals surface area (Å²) < 4.78 is 23.5. The molecule has 4 atom stereocenters. The summed E-state index contributed by atoms with van der Waals surface area (Å²) in [6.45, 7) is 7.42. The van der Waals surface area contributed by atoms with Crippen molar-refractivity contribution in [2.24, 2.45) is 0 Å². The van der Waals surface area contributed by atoms with E-state index in [2.05, 4.69) is 0 Å². The topological polar surface area (TPSA) is 52.6 Å². The lowest BCUT2D eigenvalue weighted by Crippen LogP contribution is -2.52. The van der Waals surface area contributed by atoms with Crippen molar-refractivity contribution < 1.29 is 18.5 Å². The summed E-state index contributed by atoms with van der Waals surface area (Å²) in [7, 11) is -1.54. The van der Waals surface area contributed by atoms with Gasteiger partial charge in [-0.15, -0.1) is 0 Å². The van der Waals surface area contributed by atoms with Crippen molar-refractivity contribution >= 4 is 16.8 Å². The van der Waals surface area contributed by atoms with Gasteiger partial charge in [0.2, 0.25) is 0 Å². The Balaban J connectivity index is 2.00. The predicted molar refractivity (Wildman–Crippen MR) is 88.6 cm³/mol. The molecule has 2 aliphatic rings. The predicted octanol–water partition coefficient (Wildman–Crippen LogP) is 2.91. The van der Waals surface area contributed by atoms with Crippen molar-refractivity contribution in [1.29, 1.82) is 0 Å². The highest BCUT2D eigenvalue weighted by Crippen LogP contribution is 2.44. The average molecular weight is 334 g/mol. The summed E-state index contributed by atoms with van der Waals surface area (Å²) in [5.41, 5.74) is 0.453. The third-order valence-corrected chi connectivity index (χ3v) is 6.02. The lowest BCUT2D eigenvalue weighted by Gasteiger charge is -2.33. The molecule has 0 N–H and O–H groups in total. The highest BCUT2D eigenvalue weighted by atomic mass is 32.2. The van der Waals surface area contributed by atoms with Crippen LogP contribution in [0.1, 0.15) is 32.8 Å². The lowest BCUT2D eigenvalue weighted by molar-refractivity contribution is -0.158. The Morgan fingerprint density at radius 2 is 1.91 bits per heavy atom. The van der Waals surface area contributed by atoms with E-state index in [1.807, 2.05) is 64.1 Å². The molecule has 2 aliphatic heterocycles. The summed E-state index contributed by atoms with van der Waals surface area (Å²) in [5, 5.41) is 0. The SMILES string of the molecule is Cc1ccc(S(=O)[C@]2(C(=O)OC(C)(C)C)C[C@H]3C=C[C@@H]2O3)cc1. The molecule has 1 aromatic carbocycles. The van der Waals surface area contributed by atoms with E-state index in [1.54, 1.807) is 0 Å². The van der Waals surface area contributed by atoms with Gasteiger partial charge >= 0.3 is 5.97 Å². The molecule has 1 unspecified atom stereocenters. The number of ether oxygens (including phenoxy) is 2. The largest absolute Gasteiger partial charge is 0.459 e. The zero-order chi connectivity index (χ0) is 16.8. The first-order chi connectivity index (χ1) is 10.7. The molecular weight excluding hydrogens is 312 g/mol. The fourth-order valence-corrected chi connectivity index (χ4v) is 4.65. The Kier molecular flexibility index (Phi) is 3.97. The van der Waals surface area contributed by atoms with Gasteiger partial charge in [-0.05, 0) is 39.8 Å². The number of benzene rings is 1. The van der Waals surface area contributed by atoms with Crippen LogP contribution in [0.5, 0.6) is 0 Å². The molecule has 0 spiro atoms. The fraction of sp³-hybridized carbons (Fsp3) is 0.500. The highest BCUT2D eigenvalue weighted by Gasteiger charge is 2.61. The number of fused-ring (bicyclic) bond motifs is 2. The molecule has 3 rings (SSSR count). The molecule has 0 radical (unpaired) electrons. The summed E-state index contributed by atoms with van der Waals surface area (Å²) >= 11 is 0. The van der Waals surface area contributed by atoms with E-state index < -0.39 is 33.2 Å². The Hall–Kier alpha value is -1.46. The van der Waals surface area contributed by atoms with Crippen LogP contribution in [0.4, 0.5) is 0 Å². The fourth-order valence-electron chi connectivity index (χ4n) is 2.99. The molecule has 5 heteroatoms. The molecule has 1 fully saturated rings. The van der Waals surface area contributed by atoms with Crippen molar-refractivity contribution in [1.82, 2.24) is 0 Å². The van der Waals surface area contributed by atoms with Gasteiger partial charge in [-0.2, -0.15) is 0 Å². The third-order valence-electron chi connectivity index (χ3n) is 4.10. The van der Waals surface area contributed by atoms with E-state index in [0.717, 1.165) is 5.56 Å². The van der Waals surface area contributed by atoms with Gasteiger partial charge in [-0.3, -0.25) is 9.00 Å². The van der Waals surface area contributed by atoms with Crippen molar-refractivity contribution in [3.63, 3.8) is 0 Å². The van der Waals surface area contributed by atoms with Gasteiger partial charge in [-0.25, -0.2) is 0 Å². The van der Waals surface area contributed by atoms with E-state index in [0.29, 0.717) is 11.3 Å². The average Bonchev–Trinajstić information content (AvgIpc) is 3.06. The van der Waals surface area contributed by atoms with Gasteiger partial charge in [0, 0.05) is 11.3 Å². The van der Waals surface area contributed by atoms with Crippen LogP contribution in [0.3, 0.4) is 0 Å². The molecule has 4 nitrogen and oxygen atoms in total. The number of rotatable bonds is 3. The maximum absolute atomic E-state index is 13.3. The van der Waals surface area contributed by atoms with Gasteiger partial charge in [0.15, 0.2) is 4.75 Å². The number of hydrogen-bond acceptors (Lipinski definition) is 4. The molecule has 1 aromatic rings. The van der Waals surface area contributed by atoms with Crippen LogP contribution in [0, 0.1) is 6.92 Å². The standard InChI is InChI=1S/C18H22O4S/c1-12-5-8-14(9-6-12)23(20)18(16(19)22-17(2,3)4)11-13-7-10-15(18)21-13/h5-10,13,15H,11H2,1-4H3/t13-,15+,18-,23?/m1/s1. The minimum Gasteiger partial charge on any atom is -0.459 e. The monoisotopic (exact) mass is 334 g/mol. The quantitative estimate of drug-likeness (QED) is 0.630.